The van der Waals surface area contributed by atoms with Crippen LogP contribution in [0.4, 0.5) is 0 Å². The number of hydrogen-bond donors (Lipinski definition) is 0. The minimum atomic E-state index is 0.0595. The summed E-state index contributed by atoms with van der Waals surface area (Å²) in [4.78, 5) is 14.3. The first-order valence-electron chi connectivity index (χ1n) is 7.85. The van der Waals surface area contributed by atoms with Crippen molar-refractivity contribution < 1.29 is 9.53 Å². The van der Waals surface area contributed by atoms with Gasteiger partial charge in [0.2, 0.25) is 5.91 Å². The van der Waals surface area contributed by atoms with Crippen LogP contribution >= 0.6 is 0 Å². The number of hydrogen-bond acceptors (Lipinski definition) is 2. The highest BCUT2D eigenvalue weighted by atomic mass is 16.5. The summed E-state index contributed by atoms with van der Waals surface area (Å²) in [7, 11) is 0. The average molecular weight is 299 g/mol. The number of nitrogens with zero attached hydrogens (tertiary/aromatic N) is 1. The molecule has 1 aliphatic rings. The lowest BCUT2D eigenvalue weighted by Crippen LogP contribution is -2.50. The average Bonchev–Trinajstić information content (AvgIpc) is 2.52. The van der Waals surface area contributed by atoms with Gasteiger partial charge < -0.3 is 9.64 Å². The number of terminal acetylenes is 1. The Morgan fingerprint density at radius 2 is 2.05 bits per heavy atom. The lowest BCUT2D eigenvalue weighted by Gasteiger charge is -2.39. The van der Waals surface area contributed by atoms with Gasteiger partial charge in [-0.25, -0.2) is 0 Å². The van der Waals surface area contributed by atoms with Crippen LogP contribution in [0.1, 0.15) is 38.3 Å². The zero-order valence-electron chi connectivity index (χ0n) is 13.8. The Morgan fingerprint density at radius 1 is 1.36 bits per heavy atom. The molecule has 1 atom stereocenters. The molecule has 1 aliphatic heterocycles. The molecule has 3 heteroatoms. The Kier molecular flexibility index (Phi) is 5.26. The van der Waals surface area contributed by atoms with Crippen molar-refractivity contribution in [3.8, 4) is 12.3 Å². The van der Waals surface area contributed by atoms with Crippen molar-refractivity contribution in [2.45, 2.75) is 39.7 Å². The third kappa shape index (κ3) is 4.35. The van der Waals surface area contributed by atoms with E-state index in [1.54, 1.807) is 0 Å². The van der Waals surface area contributed by atoms with Crippen molar-refractivity contribution in [1.82, 2.24) is 4.90 Å². The lowest BCUT2D eigenvalue weighted by molar-refractivity contribution is -0.143. The molecule has 1 unspecified atom stereocenters. The standard InChI is InChI=1S/C19H25NO2/c1-5-15-6-8-16(9-7-15)10-11-18(21)20-12-13-22-17(14-20)19(2,3)4/h1,6-9,17H,10-14H2,2-4H3. The van der Waals surface area contributed by atoms with Crippen LogP contribution in [0.3, 0.4) is 0 Å². The van der Waals surface area contributed by atoms with E-state index in [9.17, 15) is 4.79 Å². The van der Waals surface area contributed by atoms with E-state index < -0.39 is 0 Å². The number of morpholine rings is 1. The summed E-state index contributed by atoms with van der Waals surface area (Å²) in [5, 5.41) is 0. The summed E-state index contributed by atoms with van der Waals surface area (Å²) in [6, 6.07) is 7.84. The van der Waals surface area contributed by atoms with E-state index in [1.165, 1.54) is 0 Å². The Labute approximate surface area is 133 Å². The quantitative estimate of drug-likeness (QED) is 0.803. The highest BCUT2D eigenvalue weighted by Gasteiger charge is 2.32. The van der Waals surface area contributed by atoms with Crippen LogP contribution in [0.5, 0.6) is 0 Å². The molecule has 118 valence electrons. The smallest absolute Gasteiger partial charge is 0.223 e. The second-order valence-electron chi connectivity index (χ2n) is 6.91. The first kappa shape index (κ1) is 16.6. The van der Waals surface area contributed by atoms with Gasteiger partial charge in [-0.05, 0) is 29.5 Å². The predicted octanol–water partition coefficient (Wildman–Crippen LogP) is 2.87. The van der Waals surface area contributed by atoms with Gasteiger partial charge in [-0.15, -0.1) is 6.42 Å². The molecule has 2 rings (SSSR count). The number of carbonyl (C=O) groups is 1. The maximum absolute atomic E-state index is 12.4. The second-order valence-corrected chi connectivity index (χ2v) is 6.91. The molecule has 0 radical (unpaired) electrons. The maximum Gasteiger partial charge on any atom is 0.223 e. The van der Waals surface area contributed by atoms with Gasteiger partial charge >= 0.3 is 0 Å². The molecule has 0 bridgehead atoms. The van der Waals surface area contributed by atoms with Gasteiger partial charge in [-0.3, -0.25) is 4.79 Å². The fourth-order valence-corrected chi connectivity index (χ4v) is 2.58. The van der Waals surface area contributed by atoms with Crippen molar-refractivity contribution in [2.75, 3.05) is 19.7 Å². The van der Waals surface area contributed by atoms with Gasteiger partial charge in [-0.2, -0.15) is 0 Å². The Bertz CT molecular complexity index is 548. The summed E-state index contributed by atoms with van der Waals surface area (Å²) >= 11 is 0. The molecule has 1 fully saturated rings. The van der Waals surface area contributed by atoms with Crippen LogP contribution in [0.15, 0.2) is 24.3 Å². The van der Waals surface area contributed by atoms with Crippen molar-refractivity contribution in [3.05, 3.63) is 35.4 Å². The molecular formula is C19H25NO2. The molecule has 1 amide bonds. The van der Waals surface area contributed by atoms with E-state index in [2.05, 4.69) is 26.7 Å². The van der Waals surface area contributed by atoms with Crippen molar-refractivity contribution in [1.29, 1.82) is 0 Å². The van der Waals surface area contributed by atoms with E-state index in [0.717, 1.165) is 17.5 Å². The highest BCUT2D eigenvalue weighted by Crippen LogP contribution is 2.25. The summed E-state index contributed by atoms with van der Waals surface area (Å²) in [5.41, 5.74) is 2.08. The number of amides is 1. The minimum absolute atomic E-state index is 0.0595. The zero-order chi connectivity index (χ0) is 16.2. The first-order valence-corrected chi connectivity index (χ1v) is 7.85. The highest BCUT2D eigenvalue weighted by molar-refractivity contribution is 5.76. The van der Waals surface area contributed by atoms with Crippen LogP contribution in [0, 0.1) is 17.8 Å². The van der Waals surface area contributed by atoms with Crippen LogP contribution in [-0.4, -0.2) is 36.6 Å². The summed E-state index contributed by atoms with van der Waals surface area (Å²) in [6.07, 6.45) is 6.74. The van der Waals surface area contributed by atoms with E-state index in [0.29, 0.717) is 26.1 Å². The minimum Gasteiger partial charge on any atom is -0.374 e. The van der Waals surface area contributed by atoms with Crippen LogP contribution < -0.4 is 0 Å². The van der Waals surface area contributed by atoms with Crippen molar-refractivity contribution in [2.24, 2.45) is 5.41 Å². The van der Waals surface area contributed by atoms with E-state index >= 15 is 0 Å². The number of benzene rings is 1. The van der Waals surface area contributed by atoms with Gasteiger partial charge in [-0.1, -0.05) is 38.8 Å². The summed E-state index contributed by atoms with van der Waals surface area (Å²) in [5.74, 6) is 2.81. The van der Waals surface area contributed by atoms with Gasteiger partial charge in [0.25, 0.3) is 0 Å². The Balaban J connectivity index is 1.87. The number of aryl methyl sites for hydroxylation is 1. The summed E-state index contributed by atoms with van der Waals surface area (Å²) < 4.78 is 5.80. The molecule has 3 nitrogen and oxygen atoms in total. The summed E-state index contributed by atoms with van der Waals surface area (Å²) in [6.45, 7) is 8.47. The van der Waals surface area contributed by atoms with Crippen molar-refractivity contribution in [3.63, 3.8) is 0 Å². The molecule has 0 aromatic heterocycles. The first-order chi connectivity index (χ1) is 10.4. The van der Waals surface area contributed by atoms with Gasteiger partial charge in [0.15, 0.2) is 0 Å². The third-order valence-corrected chi connectivity index (χ3v) is 4.13. The molecule has 1 heterocycles. The SMILES string of the molecule is C#Cc1ccc(CCC(=O)N2CCOC(C(C)(C)C)C2)cc1. The fraction of sp³-hybridized carbons (Fsp3) is 0.526. The normalized spacial score (nSPS) is 18.8. The zero-order valence-corrected chi connectivity index (χ0v) is 13.8. The number of carbonyl (C=O) groups excluding carboxylic acids is 1. The van der Waals surface area contributed by atoms with Gasteiger partial charge in [0.05, 0.1) is 12.7 Å². The van der Waals surface area contributed by atoms with Crippen molar-refractivity contribution >= 4 is 5.91 Å². The topological polar surface area (TPSA) is 29.5 Å². The van der Waals surface area contributed by atoms with Gasteiger partial charge in [0, 0.05) is 25.1 Å². The predicted molar refractivity (Wildman–Crippen MR) is 88.5 cm³/mol. The van der Waals surface area contributed by atoms with Crippen LogP contribution in [0.2, 0.25) is 0 Å². The molecule has 1 saturated heterocycles. The molecule has 1 aromatic rings. The molecule has 22 heavy (non-hydrogen) atoms. The van der Waals surface area contributed by atoms with E-state index in [-0.39, 0.29) is 17.4 Å². The third-order valence-electron chi connectivity index (χ3n) is 4.13. The molecule has 0 saturated carbocycles. The second kappa shape index (κ2) is 6.98. The van der Waals surface area contributed by atoms with Crippen LogP contribution in [0.25, 0.3) is 0 Å². The molecule has 0 aliphatic carbocycles. The molecule has 0 spiro atoms. The maximum atomic E-state index is 12.4. The molecule has 1 aromatic carbocycles. The lowest BCUT2D eigenvalue weighted by atomic mass is 9.88. The molecular weight excluding hydrogens is 274 g/mol. The van der Waals surface area contributed by atoms with E-state index in [1.807, 2.05) is 29.2 Å². The fourth-order valence-electron chi connectivity index (χ4n) is 2.58. The Morgan fingerprint density at radius 3 is 2.64 bits per heavy atom. The largest absolute Gasteiger partial charge is 0.374 e. The Hall–Kier alpha value is -1.79. The number of rotatable bonds is 3. The van der Waals surface area contributed by atoms with Crippen LogP contribution in [-0.2, 0) is 16.0 Å². The molecule has 0 N–H and O–H groups in total. The van der Waals surface area contributed by atoms with Gasteiger partial charge in [0.1, 0.15) is 0 Å². The number of ether oxygens (including phenoxy) is 1. The monoisotopic (exact) mass is 299 g/mol. The van der Waals surface area contributed by atoms with E-state index in [4.69, 9.17) is 11.2 Å².